The van der Waals surface area contributed by atoms with E-state index in [4.69, 9.17) is 9.47 Å². The molecular weight excluding hydrogens is 706 g/mol. The predicted octanol–water partition coefficient (Wildman–Crippen LogP) is 9.47. The van der Waals surface area contributed by atoms with Gasteiger partial charge in [0.05, 0.1) is 12.2 Å². The molecule has 2 atom stereocenters. The van der Waals surface area contributed by atoms with E-state index in [-0.39, 0.29) is 0 Å². The third-order valence-electron chi connectivity index (χ3n) is 9.67. The van der Waals surface area contributed by atoms with Crippen molar-refractivity contribution in [1.82, 2.24) is 0 Å². The van der Waals surface area contributed by atoms with Crippen LogP contribution in [0, 0.1) is 17.3 Å². The van der Waals surface area contributed by atoms with E-state index in [2.05, 4.69) is 9.47 Å². The van der Waals surface area contributed by atoms with Gasteiger partial charge in [-0.3, -0.25) is 0 Å². The minimum atomic E-state index is -5.92. The first kappa shape index (κ1) is 38.4. The smallest absolute Gasteiger partial charge is 0.349 e. The lowest BCUT2D eigenvalue weighted by atomic mass is 9.57. The average Bonchev–Trinajstić information content (AvgIpc) is 2.80. The van der Waals surface area contributed by atoms with Gasteiger partial charge in [0.2, 0.25) is 0 Å². The highest BCUT2D eigenvalue weighted by atomic mass is 19.4. The second-order valence-electron chi connectivity index (χ2n) is 12.2. The van der Waals surface area contributed by atoms with Gasteiger partial charge in [-0.15, -0.1) is 0 Å². The van der Waals surface area contributed by atoms with Crippen LogP contribution in [0.25, 0.3) is 0 Å². The molecule has 0 aromatic carbocycles. The van der Waals surface area contributed by atoms with Crippen LogP contribution in [-0.4, -0.2) is 73.0 Å². The Kier molecular flexibility index (Phi) is 9.67. The van der Waals surface area contributed by atoms with Crippen LogP contribution in [0.15, 0.2) is 0 Å². The first-order valence-corrected chi connectivity index (χ1v) is 14.1. The zero-order valence-electron chi connectivity index (χ0n) is 23.5. The summed E-state index contributed by atoms with van der Waals surface area (Å²) in [7, 11) is 0. The molecule has 0 aromatic rings. The second kappa shape index (κ2) is 11.8. The number of alkyl halides is 18. The molecule has 2 aliphatic carbocycles. The molecular formula is C25H26F18O4. The summed E-state index contributed by atoms with van der Waals surface area (Å²) in [5, 5.41) is 0. The maximum atomic E-state index is 14.6. The van der Waals surface area contributed by atoms with E-state index in [1.165, 1.54) is 0 Å². The summed E-state index contributed by atoms with van der Waals surface area (Å²) in [5.41, 5.74) is -13.4. The summed E-state index contributed by atoms with van der Waals surface area (Å²) in [6, 6.07) is 0. The Balaban J connectivity index is 1.40. The normalized spacial score (nSPS) is 32.8. The van der Waals surface area contributed by atoms with E-state index < -0.39 is 155 Å². The van der Waals surface area contributed by atoms with Crippen molar-refractivity contribution in [2.24, 2.45) is 17.3 Å². The number of hydrogen-bond acceptors (Lipinski definition) is 4. The number of ether oxygens (including phenoxy) is 4. The molecule has 0 spiro atoms. The Hall–Kier alpha value is -1.42. The number of rotatable bonds is 6. The fraction of sp³-hybridized carbons (Fsp3) is 1.00. The van der Waals surface area contributed by atoms with Gasteiger partial charge in [0.1, 0.15) is 0 Å². The Morgan fingerprint density at radius 1 is 0.404 bits per heavy atom. The first-order valence-electron chi connectivity index (χ1n) is 14.1. The average molecular weight is 732 g/mol. The first-order chi connectivity index (χ1) is 21.0. The highest BCUT2D eigenvalue weighted by Gasteiger charge is 2.80. The quantitative estimate of drug-likeness (QED) is 0.255. The summed E-state index contributed by atoms with van der Waals surface area (Å²) in [6.07, 6.45) is -51.3. The van der Waals surface area contributed by atoms with E-state index in [1.807, 2.05) is 0 Å². The van der Waals surface area contributed by atoms with Crippen molar-refractivity contribution < 1.29 is 98.0 Å². The third kappa shape index (κ3) is 6.38. The fourth-order valence-corrected chi connectivity index (χ4v) is 7.26. The Labute approximate surface area is 253 Å². The van der Waals surface area contributed by atoms with Gasteiger partial charge in [0, 0.05) is 12.8 Å². The molecule has 2 unspecified atom stereocenters. The molecule has 2 heterocycles. The predicted molar refractivity (Wildman–Crippen MR) is 117 cm³/mol. The molecule has 4 nitrogen and oxygen atoms in total. The van der Waals surface area contributed by atoms with E-state index in [9.17, 15) is 79.0 Å². The minimum absolute atomic E-state index is 0.596. The van der Waals surface area contributed by atoms with Crippen LogP contribution in [0.2, 0.25) is 0 Å². The van der Waals surface area contributed by atoms with Crippen molar-refractivity contribution in [3.05, 3.63) is 0 Å². The van der Waals surface area contributed by atoms with E-state index in [0.717, 1.165) is 0 Å². The maximum absolute atomic E-state index is 14.6. The molecule has 0 amide bonds. The van der Waals surface area contributed by atoms with Crippen molar-refractivity contribution in [3.63, 3.8) is 0 Å². The van der Waals surface area contributed by atoms with E-state index in [0.29, 0.717) is 0 Å². The monoisotopic (exact) mass is 732 g/mol. The lowest BCUT2D eigenvalue weighted by molar-refractivity contribution is -0.474. The van der Waals surface area contributed by atoms with Crippen LogP contribution in [0.4, 0.5) is 79.0 Å². The van der Waals surface area contributed by atoms with Crippen molar-refractivity contribution in [2.75, 3.05) is 0 Å². The number of halogens is 18. The zero-order chi connectivity index (χ0) is 35.9. The summed E-state index contributed by atoms with van der Waals surface area (Å²) >= 11 is 0. The van der Waals surface area contributed by atoms with Gasteiger partial charge in [0.25, 0.3) is 11.2 Å². The van der Waals surface area contributed by atoms with Gasteiger partial charge in [-0.25, -0.2) is 0 Å². The van der Waals surface area contributed by atoms with Gasteiger partial charge in [-0.05, 0) is 63.2 Å². The van der Waals surface area contributed by atoms with Crippen LogP contribution >= 0.6 is 0 Å². The molecule has 2 aliphatic heterocycles. The molecule has 4 aliphatic rings. The fourth-order valence-electron chi connectivity index (χ4n) is 7.26. The standard InChI is InChI=1S/C25H26F18O4/c26-20(27,28)17(21(29,30)31)9-15(46-17)44-13-5-1-11(2-6-13)19(24(38,39)40,25(41,42)43)12-3-7-14(8-4-12)45-16-10-18(47-16,22(32,33)34)23(35,36)37/h11-16H,1-10H2. The Morgan fingerprint density at radius 3 is 0.830 bits per heavy atom. The van der Waals surface area contributed by atoms with Gasteiger partial charge < -0.3 is 18.9 Å². The summed E-state index contributed by atoms with van der Waals surface area (Å²) in [5.74, 6) is -4.32. The summed E-state index contributed by atoms with van der Waals surface area (Å²) < 4.78 is 261. The molecule has 0 N–H and O–H groups in total. The molecule has 0 radical (unpaired) electrons. The van der Waals surface area contributed by atoms with E-state index >= 15 is 0 Å². The van der Waals surface area contributed by atoms with Gasteiger partial charge in [-0.2, -0.15) is 79.0 Å². The maximum Gasteiger partial charge on any atom is 0.426 e. The van der Waals surface area contributed by atoms with E-state index in [1.54, 1.807) is 0 Å². The van der Waals surface area contributed by atoms with Crippen molar-refractivity contribution >= 4 is 0 Å². The van der Waals surface area contributed by atoms with Crippen LogP contribution in [0.5, 0.6) is 0 Å². The molecule has 4 rings (SSSR count). The Bertz CT molecular complexity index is 958. The summed E-state index contributed by atoms with van der Waals surface area (Å²) in [4.78, 5) is 0. The SMILES string of the molecule is FC(F)(F)C1(C(F)(F)F)CC(OC2CCC(C(C3CCC(OC4CC(C(F)(F)F)(C(F)(F)F)O4)CC3)(C(F)(F)F)C(F)(F)F)CC2)O1. The summed E-state index contributed by atoms with van der Waals surface area (Å²) in [6.45, 7) is 0. The van der Waals surface area contributed by atoms with Gasteiger partial charge >= 0.3 is 37.1 Å². The molecule has 47 heavy (non-hydrogen) atoms. The minimum Gasteiger partial charge on any atom is -0.349 e. The molecule has 2 saturated heterocycles. The topological polar surface area (TPSA) is 36.9 Å². The van der Waals surface area contributed by atoms with Crippen LogP contribution < -0.4 is 0 Å². The van der Waals surface area contributed by atoms with Crippen molar-refractivity contribution in [3.8, 4) is 0 Å². The van der Waals surface area contributed by atoms with Crippen molar-refractivity contribution in [2.45, 2.75) is 137 Å². The van der Waals surface area contributed by atoms with Crippen LogP contribution in [0.1, 0.15) is 64.2 Å². The lowest BCUT2D eigenvalue weighted by Gasteiger charge is -2.53. The lowest BCUT2D eigenvalue weighted by Crippen LogP contribution is -2.69. The van der Waals surface area contributed by atoms with Crippen LogP contribution in [-0.2, 0) is 18.9 Å². The number of hydrogen-bond donors (Lipinski definition) is 0. The van der Waals surface area contributed by atoms with Gasteiger partial charge in [-0.1, -0.05) is 0 Å². The molecule has 4 fully saturated rings. The third-order valence-corrected chi connectivity index (χ3v) is 9.67. The highest BCUT2D eigenvalue weighted by Crippen LogP contribution is 2.65. The molecule has 0 bridgehead atoms. The Morgan fingerprint density at radius 2 is 0.638 bits per heavy atom. The highest BCUT2D eigenvalue weighted by molar-refractivity contribution is 5.07. The zero-order valence-corrected chi connectivity index (χ0v) is 23.5. The molecule has 0 aromatic heterocycles. The second-order valence-corrected chi connectivity index (χ2v) is 12.2. The largest absolute Gasteiger partial charge is 0.426 e. The molecule has 22 heteroatoms. The molecule has 2 saturated carbocycles. The van der Waals surface area contributed by atoms with Crippen LogP contribution in [0.3, 0.4) is 0 Å². The van der Waals surface area contributed by atoms with Crippen molar-refractivity contribution in [1.29, 1.82) is 0 Å². The molecule has 276 valence electrons. The van der Waals surface area contributed by atoms with Gasteiger partial charge in [0.15, 0.2) is 18.0 Å².